The van der Waals surface area contributed by atoms with Crippen LogP contribution in [0.5, 0.6) is 0 Å². The quantitative estimate of drug-likeness (QED) is 0.914. The highest BCUT2D eigenvalue weighted by atomic mass is 35.5. The molecule has 24 heavy (non-hydrogen) atoms. The van der Waals surface area contributed by atoms with Gasteiger partial charge in [0.05, 0.1) is 20.8 Å². The second-order valence-corrected chi connectivity index (χ2v) is 8.00. The normalized spacial score (nSPS) is 25.0. The summed E-state index contributed by atoms with van der Waals surface area (Å²) in [4.78, 5) is 31.6. The van der Waals surface area contributed by atoms with E-state index in [1.54, 1.807) is 36.7 Å². The summed E-state index contributed by atoms with van der Waals surface area (Å²) < 4.78 is 0.615. The van der Waals surface area contributed by atoms with Gasteiger partial charge in [0.25, 0.3) is 11.8 Å². The molecule has 0 aromatic carbocycles. The smallest absolute Gasteiger partial charge is 0.264 e. The average Bonchev–Trinajstić information content (AvgIpc) is 3.30. The molecule has 2 aromatic rings. The summed E-state index contributed by atoms with van der Waals surface area (Å²) in [6.07, 6.45) is 5.06. The first-order valence-electron chi connectivity index (χ1n) is 7.89. The lowest BCUT2D eigenvalue weighted by Gasteiger charge is -2.33. The minimum Gasteiger partial charge on any atom is -0.347 e. The van der Waals surface area contributed by atoms with E-state index < -0.39 is 0 Å². The Morgan fingerprint density at radius 1 is 1.29 bits per heavy atom. The molecule has 2 bridgehead atoms. The van der Waals surface area contributed by atoms with Crippen LogP contribution in [-0.4, -0.2) is 40.3 Å². The Labute approximate surface area is 148 Å². The third kappa shape index (κ3) is 2.80. The molecule has 0 radical (unpaired) electrons. The zero-order chi connectivity index (χ0) is 16.7. The highest BCUT2D eigenvalue weighted by Crippen LogP contribution is 2.39. The predicted molar refractivity (Wildman–Crippen MR) is 92.4 cm³/mol. The van der Waals surface area contributed by atoms with E-state index in [0.29, 0.717) is 20.7 Å². The Kier molecular flexibility index (Phi) is 4.02. The molecule has 1 saturated heterocycles. The van der Waals surface area contributed by atoms with Crippen LogP contribution in [0.25, 0.3) is 0 Å². The molecule has 1 N–H and O–H groups in total. The molecule has 124 valence electrons. The maximum absolute atomic E-state index is 12.7. The van der Waals surface area contributed by atoms with Gasteiger partial charge in [0.1, 0.15) is 0 Å². The number of hydrogen-bond acceptors (Lipinski definition) is 4. The Bertz CT molecular complexity index is 779. The van der Waals surface area contributed by atoms with Crippen molar-refractivity contribution >= 4 is 34.8 Å². The Hall–Kier alpha value is -1.92. The first-order chi connectivity index (χ1) is 11.6. The lowest BCUT2D eigenvalue weighted by Crippen LogP contribution is -2.51. The molecule has 4 rings (SSSR count). The van der Waals surface area contributed by atoms with E-state index >= 15 is 0 Å². The van der Waals surface area contributed by atoms with Crippen LogP contribution in [0.15, 0.2) is 36.7 Å². The summed E-state index contributed by atoms with van der Waals surface area (Å²) in [6, 6.07) is 7.05. The summed E-state index contributed by atoms with van der Waals surface area (Å²) in [7, 11) is 0. The van der Waals surface area contributed by atoms with Crippen molar-refractivity contribution in [3.8, 4) is 0 Å². The summed E-state index contributed by atoms with van der Waals surface area (Å²) in [6.45, 7) is 0.762. The van der Waals surface area contributed by atoms with Crippen molar-refractivity contribution in [1.82, 2.24) is 15.2 Å². The topological polar surface area (TPSA) is 62.3 Å². The number of fused-ring (bicyclic) bond motifs is 2. The molecule has 7 heteroatoms. The molecule has 2 aromatic heterocycles. The van der Waals surface area contributed by atoms with E-state index in [9.17, 15) is 9.59 Å². The van der Waals surface area contributed by atoms with Gasteiger partial charge in [-0.1, -0.05) is 11.6 Å². The molecule has 2 fully saturated rings. The number of carbonyl (C=O) groups is 2. The van der Waals surface area contributed by atoms with Crippen molar-refractivity contribution in [2.45, 2.75) is 24.9 Å². The third-order valence-corrected chi connectivity index (χ3v) is 5.99. The van der Waals surface area contributed by atoms with Crippen molar-refractivity contribution in [2.75, 3.05) is 6.54 Å². The molecule has 0 spiro atoms. The molecule has 0 unspecified atom stereocenters. The summed E-state index contributed by atoms with van der Waals surface area (Å²) in [5.74, 6) is 0.334. The minimum atomic E-state index is -0.132. The van der Waals surface area contributed by atoms with Gasteiger partial charge in [0, 0.05) is 25.0 Å². The second-order valence-electron chi connectivity index (χ2n) is 6.29. The van der Waals surface area contributed by atoms with Gasteiger partial charge in [-0.25, -0.2) is 0 Å². The van der Waals surface area contributed by atoms with Gasteiger partial charge in [-0.05, 0) is 43.0 Å². The van der Waals surface area contributed by atoms with E-state index in [0.717, 1.165) is 19.4 Å². The number of aromatic nitrogens is 1. The first-order valence-corrected chi connectivity index (χ1v) is 9.08. The monoisotopic (exact) mass is 361 g/mol. The Morgan fingerprint density at radius 3 is 2.83 bits per heavy atom. The van der Waals surface area contributed by atoms with Crippen LogP contribution in [0, 0.1) is 5.92 Å². The van der Waals surface area contributed by atoms with Gasteiger partial charge in [-0.3, -0.25) is 14.6 Å². The largest absolute Gasteiger partial charge is 0.347 e. The average molecular weight is 362 g/mol. The van der Waals surface area contributed by atoms with Crippen LogP contribution in [0.4, 0.5) is 0 Å². The zero-order valence-corrected chi connectivity index (χ0v) is 14.4. The minimum absolute atomic E-state index is 0.00385. The molecule has 2 aliphatic rings. The highest BCUT2D eigenvalue weighted by molar-refractivity contribution is 7.17. The molecule has 1 aliphatic heterocycles. The van der Waals surface area contributed by atoms with Crippen molar-refractivity contribution in [2.24, 2.45) is 5.92 Å². The van der Waals surface area contributed by atoms with Crippen LogP contribution in [0.1, 0.15) is 32.9 Å². The highest BCUT2D eigenvalue weighted by Gasteiger charge is 2.47. The maximum atomic E-state index is 12.7. The fourth-order valence-electron chi connectivity index (χ4n) is 3.73. The van der Waals surface area contributed by atoms with E-state index in [-0.39, 0.29) is 23.9 Å². The fourth-order valence-corrected chi connectivity index (χ4v) is 4.73. The van der Waals surface area contributed by atoms with Crippen LogP contribution >= 0.6 is 22.9 Å². The van der Waals surface area contributed by atoms with Gasteiger partial charge in [-0.2, -0.15) is 0 Å². The van der Waals surface area contributed by atoms with Crippen molar-refractivity contribution in [1.29, 1.82) is 0 Å². The van der Waals surface area contributed by atoms with Gasteiger partial charge >= 0.3 is 0 Å². The van der Waals surface area contributed by atoms with E-state index in [1.807, 2.05) is 4.90 Å². The number of piperidine rings is 1. The van der Waals surface area contributed by atoms with Crippen molar-refractivity contribution in [3.63, 3.8) is 0 Å². The Morgan fingerprint density at radius 2 is 2.17 bits per heavy atom. The summed E-state index contributed by atoms with van der Waals surface area (Å²) >= 11 is 7.24. The van der Waals surface area contributed by atoms with E-state index in [2.05, 4.69) is 10.3 Å². The third-order valence-electron chi connectivity index (χ3n) is 4.77. The molecular weight excluding hydrogens is 346 g/mol. The molecule has 3 atom stereocenters. The molecule has 1 saturated carbocycles. The number of thiophene rings is 1. The van der Waals surface area contributed by atoms with Crippen LogP contribution in [-0.2, 0) is 0 Å². The molecule has 3 heterocycles. The number of carbonyl (C=O) groups excluding carboxylic acids is 2. The van der Waals surface area contributed by atoms with Crippen molar-refractivity contribution < 1.29 is 9.59 Å². The van der Waals surface area contributed by atoms with Gasteiger partial charge in [-0.15, -0.1) is 11.3 Å². The lowest BCUT2D eigenvalue weighted by atomic mass is 10.0. The standard InChI is InChI=1S/C17H16ClN3O2S/c18-15-4-3-14(24-15)17(23)21-9-10-6-12(13(21)7-10)20-16(22)11-2-1-5-19-8-11/h1-5,8,10,12-13H,6-7,9H2,(H,20,22)/t10-,12+,13-/m1/s1. The number of nitrogens with one attached hydrogen (secondary N) is 1. The number of rotatable bonds is 3. The molecular formula is C17H16ClN3O2S. The summed E-state index contributed by atoms with van der Waals surface area (Å²) in [5, 5.41) is 3.07. The molecule has 1 aliphatic carbocycles. The fraction of sp³-hybridized carbons (Fsp3) is 0.353. The van der Waals surface area contributed by atoms with E-state index in [1.165, 1.54) is 11.3 Å². The van der Waals surface area contributed by atoms with Gasteiger partial charge in [0.2, 0.25) is 0 Å². The van der Waals surface area contributed by atoms with Crippen molar-refractivity contribution in [3.05, 3.63) is 51.4 Å². The first kappa shape index (κ1) is 15.6. The van der Waals surface area contributed by atoms with Gasteiger partial charge in [0.15, 0.2) is 0 Å². The second kappa shape index (κ2) is 6.18. The van der Waals surface area contributed by atoms with Crippen LogP contribution in [0.3, 0.4) is 0 Å². The lowest BCUT2D eigenvalue weighted by molar-refractivity contribution is 0.0653. The van der Waals surface area contributed by atoms with E-state index in [4.69, 9.17) is 11.6 Å². The van der Waals surface area contributed by atoms with Gasteiger partial charge < -0.3 is 10.2 Å². The zero-order valence-electron chi connectivity index (χ0n) is 12.8. The number of pyridine rings is 1. The Balaban J connectivity index is 1.47. The number of likely N-dealkylation sites (tertiary alicyclic amines) is 1. The predicted octanol–water partition coefficient (Wildman–Crippen LogP) is 2.83. The number of amides is 2. The summed E-state index contributed by atoms with van der Waals surface area (Å²) in [5.41, 5.74) is 0.545. The number of halogens is 1. The molecule has 2 amide bonds. The number of nitrogens with zero attached hydrogens (tertiary/aromatic N) is 2. The number of hydrogen-bond donors (Lipinski definition) is 1. The maximum Gasteiger partial charge on any atom is 0.264 e. The van der Waals surface area contributed by atoms with Crippen LogP contribution in [0.2, 0.25) is 4.34 Å². The van der Waals surface area contributed by atoms with Crippen LogP contribution < -0.4 is 5.32 Å². The SMILES string of the molecule is O=C(N[C@H]1C[C@@H]2C[C@H]1N(C(=O)c1ccc(Cl)s1)C2)c1cccnc1. The molecule has 5 nitrogen and oxygen atoms in total.